The minimum absolute atomic E-state index is 0.214. The lowest BCUT2D eigenvalue weighted by atomic mass is 10.1. The molecular weight excluding hydrogens is 331 g/mol. The fraction of sp³-hybridized carbons (Fsp3) is 0.412. The first-order valence-electron chi connectivity index (χ1n) is 7.47. The predicted molar refractivity (Wildman–Crippen MR) is 89.0 cm³/mol. The van der Waals surface area contributed by atoms with Gasteiger partial charge in [0.15, 0.2) is 0 Å². The molecule has 1 atom stereocenters. The maximum Gasteiger partial charge on any atom is 0.124 e. The van der Waals surface area contributed by atoms with E-state index in [1.165, 1.54) is 17.7 Å². The number of nitrogens with zero attached hydrogens (tertiary/aromatic N) is 1. The molecule has 0 aliphatic heterocycles. The summed E-state index contributed by atoms with van der Waals surface area (Å²) in [6, 6.07) is 7.40. The van der Waals surface area contributed by atoms with Gasteiger partial charge in [0.2, 0.25) is 0 Å². The molecule has 0 aliphatic carbocycles. The van der Waals surface area contributed by atoms with Crippen molar-refractivity contribution in [3.63, 3.8) is 0 Å². The first-order chi connectivity index (χ1) is 10.1. The van der Waals surface area contributed by atoms with Crippen LogP contribution in [0.5, 0.6) is 0 Å². The van der Waals surface area contributed by atoms with E-state index >= 15 is 0 Å². The lowest BCUT2D eigenvalue weighted by Gasteiger charge is -2.15. The monoisotopic (exact) mass is 352 g/mol. The molecule has 0 saturated carbocycles. The lowest BCUT2D eigenvalue weighted by Crippen LogP contribution is -2.21. The summed E-state index contributed by atoms with van der Waals surface area (Å²) < 4.78 is 16.1. The maximum absolute atomic E-state index is 13.1. The highest BCUT2D eigenvalue weighted by atomic mass is 79.9. The molecular formula is C17H22BrFN2. The second-order valence-corrected chi connectivity index (χ2v) is 6.12. The number of nitrogens with one attached hydrogen (secondary N) is 1. The molecule has 0 spiro atoms. The van der Waals surface area contributed by atoms with Crippen molar-refractivity contribution in [1.29, 1.82) is 0 Å². The van der Waals surface area contributed by atoms with Gasteiger partial charge in [0.1, 0.15) is 5.82 Å². The minimum Gasteiger partial charge on any atom is -0.350 e. The van der Waals surface area contributed by atoms with Crippen LogP contribution in [-0.4, -0.2) is 11.1 Å². The summed E-state index contributed by atoms with van der Waals surface area (Å²) in [5, 5.41) is 3.56. The summed E-state index contributed by atoms with van der Waals surface area (Å²) in [4.78, 5) is 0. The number of halogens is 2. The second-order valence-electron chi connectivity index (χ2n) is 5.27. The van der Waals surface area contributed by atoms with Gasteiger partial charge in [0.05, 0.1) is 0 Å². The highest BCUT2D eigenvalue weighted by molar-refractivity contribution is 9.10. The molecule has 1 heterocycles. The Morgan fingerprint density at radius 2 is 2.10 bits per heavy atom. The van der Waals surface area contributed by atoms with E-state index in [0.29, 0.717) is 6.04 Å². The number of benzene rings is 1. The molecule has 1 unspecified atom stereocenters. The zero-order valence-electron chi connectivity index (χ0n) is 12.6. The summed E-state index contributed by atoms with van der Waals surface area (Å²) in [5.74, 6) is -0.214. The van der Waals surface area contributed by atoms with Crippen molar-refractivity contribution in [2.45, 2.75) is 39.3 Å². The van der Waals surface area contributed by atoms with Gasteiger partial charge >= 0.3 is 0 Å². The third-order valence-electron chi connectivity index (χ3n) is 3.59. The quantitative estimate of drug-likeness (QED) is 0.750. The van der Waals surface area contributed by atoms with E-state index in [1.807, 2.05) is 6.07 Å². The molecule has 0 amide bonds. The largest absolute Gasteiger partial charge is 0.350 e. The van der Waals surface area contributed by atoms with Crippen LogP contribution >= 0.6 is 15.9 Å². The van der Waals surface area contributed by atoms with Gasteiger partial charge in [-0.15, -0.1) is 0 Å². The van der Waals surface area contributed by atoms with Crippen molar-refractivity contribution in [1.82, 2.24) is 9.88 Å². The normalized spacial score (nSPS) is 12.6. The zero-order chi connectivity index (χ0) is 15.2. The van der Waals surface area contributed by atoms with Crippen LogP contribution in [-0.2, 0) is 6.54 Å². The number of hydrogen-bond donors (Lipinski definition) is 1. The number of hydrogen-bond acceptors (Lipinski definition) is 1. The van der Waals surface area contributed by atoms with E-state index in [2.05, 4.69) is 58.1 Å². The van der Waals surface area contributed by atoms with Crippen LogP contribution in [0.15, 0.2) is 41.1 Å². The van der Waals surface area contributed by atoms with Gasteiger partial charge < -0.3 is 9.88 Å². The first kappa shape index (κ1) is 16.2. The Kier molecular flexibility index (Phi) is 6.00. The Labute approximate surface area is 134 Å². The number of aromatic nitrogens is 1. The van der Waals surface area contributed by atoms with Crippen molar-refractivity contribution in [2.75, 3.05) is 6.54 Å². The topological polar surface area (TPSA) is 17.0 Å². The molecule has 1 aromatic carbocycles. The van der Waals surface area contributed by atoms with Gasteiger partial charge in [-0.05, 0) is 48.7 Å². The average Bonchev–Trinajstić information content (AvgIpc) is 2.91. The van der Waals surface area contributed by atoms with Crippen LogP contribution in [0.4, 0.5) is 4.39 Å². The van der Waals surface area contributed by atoms with Crippen molar-refractivity contribution in [3.05, 3.63) is 58.1 Å². The van der Waals surface area contributed by atoms with Gasteiger partial charge in [-0.2, -0.15) is 0 Å². The van der Waals surface area contributed by atoms with Crippen LogP contribution in [0.1, 0.15) is 43.9 Å². The Morgan fingerprint density at radius 3 is 2.76 bits per heavy atom. The van der Waals surface area contributed by atoms with Crippen LogP contribution in [0.25, 0.3) is 0 Å². The molecule has 0 aliphatic rings. The molecule has 2 aromatic rings. The van der Waals surface area contributed by atoms with E-state index in [4.69, 9.17) is 0 Å². The molecule has 21 heavy (non-hydrogen) atoms. The zero-order valence-corrected chi connectivity index (χ0v) is 14.2. The van der Waals surface area contributed by atoms with Gasteiger partial charge in [-0.3, -0.25) is 0 Å². The summed E-state index contributed by atoms with van der Waals surface area (Å²) in [5.41, 5.74) is 2.39. The van der Waals surface area contributed by atoms with Crippen molar-refractivity contribution < 1.29 is 4.39 Å². The molecule has 1 aromatic heterocycles. The molecule has 0 radical (unpaired) electrons. The van der Waals surface area contributed by atoms with Crippen LogP contribution in [0.3, 0.4) is 0 Å². The molecule has 4 heteroatoms. The predicted octanol–water partition coefficient (Wildman–Crippen LogP) is 4.89. The summed E-state index contributed by atoms with van der Waals surface area (Å²) in [6.45, 7) is 6.15. The van der Waals surface area contributed by atoms with Crippen LogP contribution in [0.2, 0.25) is 0 Å². The molecule has 0 fully saturated rings. The summed E-state index contributed by atoms with van der Waals surface area (Å²) in [6.07, 6.45) is 6.47. The summed E-state index contributed by atoms with van der Waals surface area (Å²) in [7, 11) is 0. The molecule has 0 saturated heterocycles. The second kappa shape index (κ2) is 7.76. The number of rotatable bonds is 7. The van der Waals surface area contributed by atoms with Crippen LogP contribution < -0.4 is 5.32 Å². The fourth-order valence-electron chi connectivity index (χ4n) is 2.43. The van der Waals surface area contributed by atoms with Gasteiger partial charge in [0, 0.05) is 29.5 Å². The highest BCUT2D eigenvalue weighted by Crippen LogP contribution is 2.21. The average molecular weight is 353 g/mol. The third-order valence-corrected chi connectivity index (χ3v) is 4.33. The minimum atomic E-state index is -0.214. The highest BCUT2D eigenvalue weighted by Gasteiger charge is 2.10. The van der Waals surface area contributed by atoms with Gasteiger partial charge in [-0.25, -0.2) is 4.39 Å². The molecule has 0 bridgehead atoms. The SMILES string of the molecule is CCCNC(CC)c1ccn(Cc2ccc(F)cc2Br)c1. The standard InChI is InChI=1S/C17H22BrFN2/c1-3-8-20-17(4-2)14-7-9-21(12-14)11-13-5-6-15(19)10-16(13)18/h5-7,9-10,12,17,20H,3-4,8,11H2,1-2H3. The van der Waals surface area contributed by atoms with Crippen molar-refractivity contribution >= 4 is 15.9 Å². The maximum atomic E-state index is 13.1. The Bertz CT molecular complexity index is 580. The first-order valence-corrected chi connectivity index (χ1v) is 8.26. The molecule has 2 nitrogen and oxygen atoms in total. The van der Waals surface area contributed by atoms with Gasteiger partial charge in [-0.1, -0.05) is 35.8 Å². The van der Waals surface area contributed by atoms with E-state index in [9.17, 15) is 4.39 Å². The van der Waals surface area contributed by atoms with E-state index in [0.717, 1.165) is 36.0 Å². The fourth-order valence-corrected chi connectivity index (χ4v) is 2.90. The van der Waals surface area contributed by atoms with Gasteiger partial charge in [0.25, 0.3) is 0 Å². The van der Waals surface area contributed by atoms with Crippen LogP contribution in [0, 0.1) is 5.82 Å². The summed E-state index contributed by atoms with van der Waals surface area (Å²) >= 11 is 3.42. The lowest BCUT2D eigenvalue weighted by molar-refractivity contribution is 0.517. The van der Waals surface area contributed by atoms with Crippen molar-refractivity contribution in [2.24, 2.45) is 0 Å². The van der Waals surface area contributed by atoms with E-state index in [-0.39, 0.29) is 5.82 Å². The molecule has 1 N–H and O–H groups in total. The Hall–Kier alpha value is -1.13. The smallest absolute Gasteiger partial charge is 0.124 e. The van der Waals surface area contributed by atoms with E-state index < -0.39 is 0 Å². The van der Waals surface area contributed by atoms with E-state index in [1.54, 1.807) is 0 Å². The van der Waals surface area contributed by atoms with Crippen molar-refractivity contribution in [3.8, 4) is 0 Å². The molecule has 2 rings (SSSR count). The molecule has 114 valence electrons. The Balaban J connectivity index is 2.08. The third kappa shape index (κ3) is 4.42. The Morgan fingerprint density at radius 1 is 1.29 bits per heavy atom.